The van der Waals surface area contributed by atoms with Gasteiger partial charge in [0.05, 0.1) is 6.10 Å². The molecule has 7 nitrogen and oxygen atoms in total. The molecule has 3 rings (SSSR count). The second-order valence-electron chi connectivity index (χ2n) is 6.46. The Morgan fingerprint density at radius 3 is 2.43 bits per heavy atom. The molecule has 0 saturated carbocycles. The first-order chi connectivity index (χ1) is 14.1. The molecule has 0 aliphatic rings. The third kappa shape index (κ3) is 5.09. The fourth-order valence-corrected chi connectivity index (χ4v) is 2.95. The van der Waals surface area contributed by atoms with E-state index in [4.69, 9.17) is 0 Å². The number of carbonyl (C=O) groups is 2. The number of aromatic nitrogens is 1. The number of hydrogen-bond acceptors (Lipinski definition) is 4. The van der Waals surface area contributed by atoms with Crippen molar-refractivity contribution in [3.05, 3.63) is 60.3 Å². The maximum Gasteiger partial charge on any atom is 0.573 e. The SMILES string of the molecule is Cn1cc(C(O)CNC(=O)C(=O)Nc2ccc(OC(F)(F)F)cc2)c2ccccc21. The molecular weight excluding hydrogens is 403 g/mol. The number of aryl methyl sites for hydroxylation is 1. The van der Waals surface area contributed by atoms with Gasteiger partial charge in [0.15, 0.2) is 0 Å². The van der Waals surface area contributed by atoms with Gasteiger partial charge in [-0.1, -0.05) is 18.2 Å². The van der Waals surface area contributed by atoms with E-state index in [1.165, 1.54) is 0 Å². The lowest BCUT2D eigenvalue weighted by molar-refractivity contribution is -0.274. The van der Waals surface area contributed by atoms with Gasteiger partial charge in [-0.3, -0.25) is 9.59 Å². The molecule has 0 aliphatic heterocycles. The molecule has 1 aromatic heterocycles. The average Bonchev–Trinajstić information content (AvgIpc) is 3.03. The number of para-hydroxylation sites is 1. The number of alkyl halides is 3. The first-order valence-corrected chi connectivity index (χ1v) is 8.81. The van der Waals surface area contributed by atoms with Crippen LogP contribution in [-0.4, -0.2) is 34.4 Å². The summed E-state index contributed by atoms with van der Waals surface area (Å²) in [4.78, 5) is 24.0. The number of aliphatic hydroxyl groups is 1. The molecule has 3 aromatic rings. The van der Waals surface area contributed by atoms with E-state index in [-0.39, 0.29) is 12.2 Å². The summed E-state index contributed by atoms with van der Waals surface area (Å²) in [5.74, 6) is -2.47. The molecule has 0 bridgehead atoms. The third-order valence-corrected chi connectivity index (χ3v) is 4.29. The number of amides is 2. The monoisotopic (exact) mass is 421 g/mol. The first kappa shape index (κ1) is 21.2. The molecule has 0 fully saturated rings. The summed E-state index contributed by atoms with van der Waals surface area (Å²) in [5.41, 5.74) is 1.63. The maximum atomic E-state index is 12.2. The molecule has 10 heteroatoms. The molecule has 2 aromatic carbocycles. The highest BCUT2D eigenvalue weighted by Gasteiger charge is 2.31. The molecule has 0 spiro atoms. The second kappa shape index (κ2) is 8.46. The lowest BCUT2D eigenvalue weighted by Gasteiger charge is -2.12. The van der Waals surface area contributed by atoms with Gasteiger partial charge in [0.2, 0.25) is 0 Å². The quantitative estimate of drug-likeness (QED) is 0.553. The fraction of sp³-hybridized carbons (Fsp3) is 0.200. The molecule has 1 heterocycles. The maximum absolute atomic E-state index is 12.2. The molecule has 3 N–H and O–H groups in total. The smallest absolute Gasteiger partial charge is 0.406 e. The van der Waals surface area contributed by atoms with E-state index in [0.717, 1.165) is 35.2 Å². The Bertz CT molecular complexity index is 1060. The number of nitrogens with one attached hydrogen (secondary N) is 2. The van der Waals surface area contributed by atoms with Crippen molar-refractivity contribution in [1.82, 2.24) is 9.88 Å². The third-order valence-electron chi connectivity index (χ3n) is 4.29. The van der Waals surface area contributed by atoms with Gasteiger partial charge in [-0.2, -0.15) is 0 Å². The van der Waals surface area contributed by atoms with Gasteiger partial charge in [0.25, 0.3) is 0 Å². The van der Waals surface area contributed by atoms with Crippen molar-refractivity contribution in [3.63, 3.8) is 0 Å². The normalized spacial score (nSPS) is 12.4. The van der Waals surface area contributed by atoms with E-state index in [1.54, 1.807) is 6.20 Å². The highest BCUT2D eigenvalue weighted by Crippen LogP contribution is 2.26. The molecule has 30 heavy (non-hydrogen) atoms. The van der Waals surface area contributed by atoms with Crippen LogP contribution in [0, 0.1) is 0 Å². The number of fused-ring (bicyclic) bond motifs is 1. The van der Waals surface area contributed by atoms with E-state index in [9.17, 15) is 27.9 Å². The number of rotatable bonds is 5. The van der Waals surface area contributed by atoms with Crippen molar-refractivity contribution < 1.29 is 32.6 Å². The Morgan fingerprint density at radius 1 is 1.10 bits per heavy atom. The Labute approximate surface area is 169 Å². The number of anilines is 1. The first-order valence-electron chi connectivity index (χ1n) is 8.81. The van der Waals surface area contributed by atoms with Crippen molar-refractivity contribution in [2.75, 3.05) is 11.9 Å². The van der Waals surface area contributed by atoms with Crippen molar-refractivity contribution in [3.8, 4) is 5.75 Å². The molecule has 1 unspecified atom stereocenters. The Hall–Kier alpha value is -3.53. The highest BCUT2D eigenvalue weighted by atomic mass is 19.4. The van der Waals surface area contributed by atoms with Crippen molar-refractivity contribution in [2.24, 2.45) is 7.05 Å². The summed E-state index contributed by atoms with van der Waals surface area (Å²) < 4.78 is 42.0. The van der Waals surface area contributed by atoms with E-state index in [0.29, 0.717) is 5.56 Å². The number of halogens is 3. The van der Waals surface area contributed by atoms with E-state index < -0.39 is 30.0 Å². The van der Waals surface area contributed by atoms with Crippen molar-refractivity contribution in [2.45, 2.75) is 12.5 Å². The number of aliphatic hydroxyl groups excluding tert-OH is 1. The van der Waals surface area contributed by atoms with E-state index >= 15 is 0 Å². The van der Waals surface area contributed by atoms with Crippen LogP contribution in [0.4, 0.5) is 18.9 Å². The zero-order chi connectivity index (χ0) is 21.9. The number of benzene rings is 2. The van der Waals surface area contributed by atoms with E-state index in [1.807, 2.05) is 35.9 Å². The average molecular weight is 421 g/mol. The minimum Gasteiger partial charge on any atom is -0.406 e. The van der Waals surface area contributed by atoms with Crippen LogP contribution >= 0.6 is 0 Å². The predicted octanol–water partition coefficient (Wildman–Crippen LogP) is 2.87. The lowest BCUT2D eigenvalue weighted by Crippen LogP contribution is -2.37. The fourth-order valence-electron chi connectivity index (χ4n) is 2.95. The van der Waals surface area contributed by atoms with Crippen LogP contribution in [-0.2, 0) is 16.6 Å². The second-order valence-corrected chi connectivity index (χ2v) is 6.46. The van der Waals surface area contributed by atoms with Crippen LogP contribution in [0.15, 0.2) is 54.7 Å². The summed E-state index contributed by atoms with van der Waals surface area (Å²) in [6, 6.07) is 11.8. The van der Waals surface area contributed by atoms with Gasteiger partial charge >= 0.3 is 18.2 Å². The van der Waals surface area contributed by atoms with Gasteiger partial charge < -0.3 is 25.0 Å². The van der Waals surface area contributed by atoms with Gasteiger partial charge in [-0.25, -0.2) is 0 Å². The van der Waals surface area contributed by atoms with Gasteiger partial charge in [0, 0.05) is 41.9 Å². The van der Waals surface area contributed by atoms with Crippen molar-refractivity contribution >= 4 is 28.4 Å². The minimum absolute atomic E-state index is 0.110. The van der Waals surface area contributed by atoms with Crippen LogP contribution in [0.25, 0.3) is 10.9 Å². The van der Waals surface area contributed by atoms with Crippen molar-refractivity contribution in [1.29, 1.82) is 0 Å². The summed E-state index contributed by atoms with van der Waals surface area (Å²) >= 11 is 0. The van der Waals surface area contributed by atoms with Crippen LogP contribution in [0.3, 0.4) is 0 Å². The van der Waals surface area contributed by atoms with Gasteiger partial charge in [-0.15, -0.1) is 13.2 Å². The number of nitrogens with zero attached hydrogens (tertiary/aromatic N) is 1. The Balaban J connectivity index is 1.56. The lowest BCUT2D eigenvalue weighted by atomic mass is 10.1. The highest BCUT2D eigenvalue weighted by molar-refractivity contribution is 6.39. The molecule has 0 saturated heterocycles. The standard InChI is InChI=1S/C20H18F3N3O4/c1-26-11-15(14-4-2-3-5-16(14)26)17(27)10-24-18(28)19(29)25-12-6-8-13(9-7-12)30-20(21,22)23/h2-9,11,17,27H,10H2,1H3,(H,24,28)(H,25,29). The Morgan fingerprint density at radius 2 is 1.77 bits per heavy atom. The summed E-state index contributed by atoms with van der Waals surface area (Å²) in [7, 11) is 1.83. The van der Waals surface area contributed by atoms with Crippen LogP contribution in [0.1, 0.15) is 11.7 Å². The van der Waals surface area contributed by atoms with Crippen LogP contribution < -0.4 is 15.4 Å². The van der Waals surface area contributed by atoms with Gasteiger partial charge in [-0.05, 0) is 30.3 Å². The number of ether oxygens (including phenoxy) is 1. The van der Waals surface area contributed by atoms with Crippen LogP contribution in [0.5, 0.6) is 5.75 Å². The molecule has 0 aliphatic carbocycles. The Kier molecular flexibility index (Phi) is 5.97. The minimum atomic E-state index is -4.82. The number of carbonyl (C=O) groups excluding carboxylic acids is 2. The number of hydrogen-bond donors (Lipinski definition) is 3. The van der Waals surface area contributed by atoms with E-state index in [2.05, 4.69) is 15.4 Å². The molecule has 1 atom stereocenters. The summed E-state index contributed by atoms with van der Waals surface area (Å²) in [6.07, 6.45) is -4.12. The topological polar surface area (TPSA) is 92.6 Å². The van der Waals surface area contributed by atoms with Crippen LogP contribution in [0.2, 0.25) is 0 Å². The van der Waals surface area contributed by atoms with Gasteiger partial charge in [0.1, 0.15) is 5.75 Å². The summed E-state index contributed by atoms with van der Waals surface area (Å²) in [5, 5.41) is 15.8. The summed E-state index contributed by atoms with van der Waals surface area (Å²) in [6.45, 7) is -0.196. The molecular formula is C20H18F3N3O4. The molecule has 158 valence electrons. The molecule has 0 radical (unpaired) electrons. The predicted molar refractivity (Wildman–Crippen MR) is 103 cm³/mol. The largest absolute Gasteiger partial charge is 0.573 e. The molecule has 2 amide bonds. The zero-order valence-corrected chi connectivity index (χ0v) is 15.7. The zero-order valence-electron chi connectivity index (χ0n) is 15.7.